The summed E-state index contributed by atoms with van der Waals surface area (Å²) in [5, 5.41) is 10.1. The summed E-state index contributed by atoms with van der Waals surface area (Å²) in [7, 11) is 0. The van der Waals surface area contributed by atoms with Gasteiger partial charge in [0.25, 0.3) is 0 Å². The second-order valence-electron chi connectivity index (χ2n) is 5.73. The molecule has 0 amide bonds. The first kappa shape index (κ1) is 14.2. The molecule has 0 aromatic heterocycles. The van der Waals surface area contributed by atoms with Crippen molar-refractivity contribution in [3.8, 4) is 0 Å². The number of rotatable bonds is 4. The van der Waals surface area contributed by atoms with Crippen LogP contribution in [0.3, 0.4) is 0 Å². The van der Waals surface area contributed by atoms with Crippen LogP contribution in [0.4, 0.5) is 0 Å². The van der Waals surface area contributed by atoms with E-state index in [1.165, 1.54) is 0 Å². The van der Waals surface area contributed by atoms with Crippen LogP contribution in [-0.4, -0.2) is 11.4 Å². The number of aliphatic hydroxyl groups excluding tert-OH is 1. The van der Waals surface area contributed by atoms with Gasteiger partial charge in [-0.05, 0) is 17.9 Å². The Morgan fingerprint density at radius 2 is 1.59 bits per heavy atom. The minimum absolute atomic E-state index is 0.0375. The Morgan fingerprint density at radius 1 is 1.06 bits per heavy atom. The van der Waals surface area contributed by atoms with Gasteiger partial charge in [0.2, 0.25) is 0 Å². The van der Waals surface area contributed by atoms with E-state index in [-0.39, 0.29) is 17.4 Å². The summed E-state index contributed by atoms with van der Waals surface area (Å²) in [5.74, 6) is 0.0914. The van der Waals surface area contributed by atoms with Gasteiger partial charge < -0.3 is 9.84 Å². The smallest absolute Gasteiger partial charge is 0.158 e. The monoisotopic (exact) mass is 236 g/mol. The number of benzene rings is 1. The second kappa shape index (κ2) is 5.65. The summed E-state index contributed by atoms with van der Waals surface area (Å²) < 4.78 is 5.68. The molecule has 0 bridgehead atoms. The summed E-state index contributed by atoms with van der Waals surface area (Å²) >= 11 is 0. The molecule has 0 saturated heterocycles. The van der Waals surface area contributed by atoms with E-state index < -0.39 is 6.29 Å². The molecule has 1 aromatic carbocycles. The fourth-order valence-corrected chi connectivity index (χ4v) is 1.56. The van der Waals surface area contributed by atoms with Crippen LogP contribution in [0.2, 0.25) is 0 Å². The topological polar surface area (TPSA) is 29.5 Å². The molecular formula is C15H24O2. The number of hydrogen-bond acceptors (Lipinski definition) is 2. The third-order valence-corrected chi connectivity index (χ3v) is 3.41. The van der Waals surface area contributed by atoms with Crippen molar-refractivity contribution in [2.24, 2.45) is 11.3 Å². The fourth-order valence-electron chi connectivity index (χ4n) is 1.56. The highest BCUT2D eigenvalue weighted by Crippen LogP contribution is 2.31. The van der Waals surface area contributed by atoms with Gasteiger partial charge in [-0.3, -0.25) is 0 Å². The molecule has 0 heterocycles. The summed E-state index contributed by atoms with van der Waals surface area (Å²) in [6.45, 7) is 10.3. The molecule has 0 aliphatic rings. The molecular weight excluding hydrogens is 212 g/mol. The third-order valence-electron chi connectivity index (χ3n) is 3.41. The zero-order chi connectivity index (χ0) is 13.1. The van der Waals surface area contributed by atoms with Crippen LogP contribution in [0.1, 0.15) is 46.3 Å². The highest BCUT2D eigenvalue weighted by Gasteiger charge is 2.28. The molecule has 0 saturated carbocycles. The lowest BCUT2D eigenvalue weighted by atomic mass is 9.81. The summed E-state index contributed by atoms with van der Waals surface area (Å²) in [6, 6.07) is 9.96. The van der Waals surface area contributed by atoms with E-state index >= 15 is 0 Å². The van der Waals surface area contributed by atoms with E-state index in [9.17, 15) is 5.11 Å². The largest absolute Gasteiger partial charge is 0.368 e. The molecule has 1 aromatic rings. The molecule has 96 valence electrons. The van der Waals surface area contributed by atoms with Crippen molar-refractivity contribution < 1.29 is 9.84 Å². The van der Waals surface area contributed by atoms with E-state index in [0.29, 0.717) is 0 Å². The van der Waals surface area contributed by atoms with E-state index in [1.54, 1.807) is 0 Å². The van der Waals surface area contributed by atoms with Gasteiger partial charge in [-0.25, -0.2) is 0 Å². The minimum atomic E-state index is -0.731. The molecule has 3 atom stereocenters. The van der Waals surface area contributed by atoms with Gasteiger partial charge in [-0.15, -0.1) is 0 Å². The molecule has 0 aliphatic carbocycles. The highest BCUT2D eigenvalue weighted by molar-refractivity contribution is 5.16. The SMILES string of the molecule is CC(O[C@@H](O)C(C)C(C)(C)C)c1ccccc1. The van der Waals surface area contributed by atoms with Crippen LogP contribution in [-0.2, 0) is 4.74 Å². The Balaban J connectivity index is 2.60. The Bertz CT molecular complexity index is 327. The Hall–Kier alpha value is -0.860. The molecule has 2 nitrogen and oxygen atoms in total. The standard InChI is InChI=1S/C15H24O2/c1-11(15(3,4)5)14(16)17-12(2)13-9-7-6-8-10-13/h6-12,14,16H,1-5H3/t11?,12?,14-/m1/s1. The summed E-state index contributed by atoms with van der Waals surface area (Å²) in [5.41, 5.74) is 1.13. The molecule has 2 unspecified atom stereocenters. The van der Waals surface area contributed by atoms with Crippen LogP contribution in [0.5, 0.6) is 0 Å². The lowest BCUT2D eigenvalue weighted by Gasteiger charge is -2.32. The summed E-state index contributed by atoms with van der Waals surface area (Å²) in [6.07, 6.45) is -0.818. The van der Waals surface area contributed by atoms with E-state index in [0.717, 1.165) is 5.56 Å². The quantitative estimate of drug-likeness (QED) is 0.806. The van der Waals surface area contributed by atoms with Gasteiger partial charge in [0.1, 0.15) is 0 Å². The Kier molecular flexibility index (Phi) is 4.72. The van der Waals surface area contributed by atoms with E-state index in [4.69, 9.17) is 4.74 Å². The predicted molar refractivity (Wildman–Crippen MR) is 70.6 cm³/mol. The Labute approximate surface area is 105 Å². The van der Waals surface area contributed by atoms with Crippen LogP contribution >= 0.6 is 0 Å². The van der Waals surface area contributed by atoms with Gasteiger partial charge in [0, 0.05) is 5.92 Å². The van der Waals surface area contributed by atoms with Crippen molar-refractivity contribution in [3.05, 3.63) is 35.9 Å². The second-order valence-corrected chi connectivity index (χ2v) is 5.73. The van der Waals surface area contributed by atoms with E-state index in [1.807, 2.05) is 44.2 Å². The van der Waals surface area contributed by atoms with Crippen molar-refractivity contribution in [2.75, 3.05) is 0 Å². The maximum Gasteiger partial charge on any atom is 0.158 e. The average Bonchev–Trinajstić information content (AvgIpc) is 2.27. The van der Waals surface area contributed by atoms with Crippen molar-refractivity contribution in [1.29, 1.82) is 0 Å². The number of aliphatic hydroxyl groups is 1. The van der Waals surface area contributed by atoms with Crippen LogP contribution < -0.4 is 0 Å². The van der Waals surface area contributed by atoms with Gasteiger partial charge in [-0.1, -0.05) is 58.0 Å². The minimum Gasteiger partial charge on any atom is -0.368 e. The van der Waals surface area contributed by atoms with Crippen LogP contribution in [0, 0.1) is 11.3 Å². The molecule has 0 spiro atoms. The maximum atomic E-state index is 10.1. The molecule has 0 fully saturated rings. The first-order valence-corrected chi connectivity index (χ1v) is 6.21. The van der Waals surface area contributed by atoms with Crippen LogP contribution in [0.25, 0.3) is 0 Å². The zero-order valence-corrected chi connectivity index (χ0v) is 11.5. The molecule has 0 radical (unpaired) electrons. The van der Waals surface area contributed by atoms with Crippen molar-refractivity contribution in [2.45, 2.75) is 47.0 Å². The lowest BCUT2D eigenvalue weighted by Crippen LogP contribution is -2.32. The molecule has 2 heteroatoms. The third kappa shape index (κ3) is 4.14. The first-order chi connectivity index (χ1) is 7.82. The molecule has 0 aliphatic heterocycles. The molecule has 1 rings (SSSR count). The van der Waals surface area contributed by atoms with Crippen molar-refractivity contribution in [3.63, 3.8) is 0 Å². The first-order valence-electron chi connectivity index (χ1n) is 6.21. The van der Waals surface area contributed by atoms with Crippen molar-refractivity contribution >= 4 is 0 Å². The molecule has 17 heavy (non-hydrogen) atoms. The van der Waals surface area contributed by atoms with Gasteiger partial charge in [-0.2, -0.15) is 0 Å². The van der Waals surface area contributed by atoms with Gasteiger partial charge in [0.15, 0.2) is 6.29 Å². The highest BCUT2D eigenvalue weighted by atomic mass is 16.6. The van der Waals surface area contributed by atoms with Gasteiger partial charge >= 0.3 is 0 Å². The maximum absolute atomic E-state index is 10.1. The Morgan fingerprint density at radius 3 is 2.06 bits per heavy atom. The number of ether oxygens (including phenoxy) is 1. The lowest BCUT2D eigenvalue weighted by molar-refractivity contribution is -0.178. The predicted octanol–water partition coefficient (Wildman–Crippen LogP) is 3.76. The van der Waals surface area contributed by atoms with E-state index in [2.05, 4.69) is 20.8 Å². The summed E-state index contributed by atoms with van der Waals surface area (Å²) in [4.78, 5) is 0. The zero-order valence-electron chi connectivity index (χ0n) is 11.5. The normalized spacial score (nSPS) is 17.5. The fraction of sp³-hybridized carbons (Fsp3) is 0.600. The van der Waals surface area contributed by atoms with Crippen LogP contribution in [0.15, 0.2) is 30.3 Å². The average molecular weight is 236 g/mol. The van der Waals surface area contributed by atoms with Crippen molar-refractivity contribution in [1.82, 2.24) is 0 Å². The molecule has 1 N–H and O–H groups in total. The number of hydrogen-bond donors (Lipinski definition) is 1. The van der Waals surface area contributed by atoms with Gasteiger partial charge in [0.05, 0.1) is 6.10 Å².